The van der Waals surface area contributed by atoms with Crippen LogP contribution in [-0.2, 0) is 4.79 Å². The van der Waals surface area contributed by atoms with E-state index in [-0.39, 0.29) is 16.6 Å². The standard InChI is InChI=1S/C27H25ClFN5O2/c1-34(2)14-6-11-23(35)32-21-13-12-20-25(24(21)17-7-4-8-18(15-17)36-3)27(31-16-30-20)33-22-10-5-9-19(28)26(22)29/h4-13,15-16H,14H2,1-3H3,(H,32,35)(H,30,31,33)/b11-6+. The smallest absolute Gasteiger partial charge is 0.248 e. The highest BCUT2D eigenvalue weighted by Crippen LogP contribution is 2.40. The van der Waals surface area contributed by atoms with Crippen molar-refractivity contribution in [2.45, 2.75) is 0 Å². The molecule has 2 N–H and O–H groups in total. The minimum atomic E-state index is -0.593. The number of ether oxygens (including phenoxy) is 1. The van der Waals surface area contributed by atoms with Crippen LogP contribution in [0.15, 0.2) is 73.1 Å². The number of hydrogen-bond acceptors (Lipinski definition) is 6. The number of nitrogens with one attached hydrogen (secondary N) is 2. The lowest BCUT2D eigenvalue weighted by Crippen LogP contribution is -2.13. The Balaban J connectivity index is 1.89. The summed E-state index contributed by atoms with van der Waals surface area (Å²) >= 11 is 5.98. The molecule has 3 aromatic carbocycles. The van der Waals surface area contributed by atoms with Crippen LogP contribution in [0.1, 0.15) is 0 Å². The van der Waals surface area contributed by atoms with E-state index >= 15 is 0 Å². The summed E-state index contributed by atoms with van der Waals surface area (Å²) < 4.78 is 20.1. The largest absolute Gasteiger partial charge is 0.497 e. The summed E-state index contributed by atoms with van der Waals surface area (Å²) in [5.41, 5.74) is 2.73. The van der Waals surface area contributed by atoms with E-state index in [0.29, 0.717) is 40.3 Å². The molecule has 0 fully saturated rings. The van der Waals surface area contributed by atoms with Gasteiger partial charge in [0.2, 0.25) is 5.91 Å². The van der Waals surface area contributed by atoms with Crippen molar-refractivity contribution in [2.24, 2.45) is 0 Å². The van der Waals surface area contributed by atoms with E-state index in [9.17, 15) is 9.18 Å². The Labute approximate surface area is 213 Å². The van der Waals surface area contributed by atoms with Crippen molar-refractivity contribution in [3.63, 3.8) is 0 Å². The number of anilines is 3. The third-order valence-corrected chi connectivity index (χ3v) is 5.66. The van der Waals surface area contributed by atoms with E-state index in [2.05, 4.69) is 20.6 Å². The number of nitrogens with zero attached hydrogens (tertiary/aromatic N) is 3. The molecule has 0 saturated carbocycles. The highest BCUT2D eigenvalue weighted by molar-refractivity contribution is 6.31. The summed E-state index contributed by atoms with van der Waals surface area (Å²) in [4.78, 5) is 23.5. The topological polar surface area (TPSA) is 79.4 Å². The predicted octanol–water partition coefficient (Wildman–Crippen LogP) is 5.90. The number of likely N-dealkylation sites (N-methyl/N-ethyl adjacent to an activating group) is 1. The minimum Gasteiger partial charge on any atom is -0.497 e. The minimum absolute atomic E-state index is 0.0103. The van der Waals surface area contributed by atoms with Crippen molar-refractivity contribution in [3.8, 4) is 16.9 Å². The van der Waals surface area contributed by atoms with Crippen LogP contribution in [0.3, 0.4) is 0 Å². The van der Waals surface area contributed by atoms with Crippen LogP contribution in [0.25, 0.3) is 22.0 Å². The Morgan fingerprint density at radius 3 is 2.69 bits per heavy atom. The predicted molar refractivity (Wildman–Crippen MR) is 143 cm³/mol. The molecule has 0 aliphatic rings. The molecule has 4 rings (SSSR count). The summed E-state index contributed by atoms with van der Waals surface area (Å²) in [6, 6.07) is 15.7. The molecule has 0 bridgehead atoms. The van der Waals surface area contributed by atoms with Crippen LogP contribution in [-0.4, -0.2) is 48.5 Å². The van der Waals surface area contributed by atoms with Crippen LogP contribution in [0.5, 0.6) is 5.75 Å². The maximum Gasteiger partial charge on any atom is 0.248 e. The molecule has 0 atom stereocenters. The maximum atomic E-state index is 14.7. The van der Waals surface area contributed by atoms with Crippen molar-refractivity contribution in [3.05, 3.63) is 83.9 Å². The van der Waals surface area contributed by atoms with Crippen molar-refractivity contribution in [2.75, 3.05) is 38.4 Å². The third kappa shape index (κ3) is 5.62. The zero-order valence-electron chi connectivity index (χ0n) is 20.0. The molecule has 1 heterocycles. The monoisotopic (exact) mass is 505 g/mol. The van der Waals surface area contributed by atoms with Crippen LogP contribution in [0, 0.1) is 5.82 Å². The van der Waals surface area contributed by atoms with Gasteiger partial charge in [0.1, 0.15) is 17.9 Å². The number of carbonyl (C=O) groups excluding carboxylic acids is 1. The molecule has 0 radical (unpaired) electrons. The molecule has 0 aliphatic carbocycles. The van der Waals surface area contributed by atoms with Gasteiger partial charge in [0, 0.05) is 23.9 Å². The maximum absolute atomic E-state index is 14.7. The second kappa shape index (κ2) is 11.2. The number of carbonyl (C=O) groups is 1. The molecule has 0 spiro atoms. The average Bonchev–Trinajstić information content (AvgIpc) is 2.86. The first kappa shape index (κ1) is 25.1. The number of benzene rings is 3. The Morgan fingerprint density at radius 2 is 1.92 bits per heavy atom. The van der Waals surface area contributed by atoms with Crippen molar-refractivity contribution >= 4 is 45.6 Å². The number of hydrogen-bond donors (Lipinski definition) is 2. The second-order valence-corrected chi connectivity index (χ2v) is 8.62. The van der Waals surface area contributed by atoms with Gasteiger partial charge in [-0.25, -0.2) is 14.4 Å². The highest BCUT2D eigenvalue weighted by atomic mass is 35.5. The fourth-order valence-corrected chi connectivity index (χ4v) is 3.88. The number of aromatic nitrogens is 2. The molecule has 4 aromatic rings. The first-order valence-electron chi connectivity index (χ1n) is 11.1. The molecule has 1 aromatic heterocycles. The lowest BCUT2D eigenvalue weighted by Gasteiger charge is -2.17. The van der Waals surface area contributed by atoms with E-state index in [4.69, 9.17) is 16.3 Å². The van der Waals surface area contributed by atoms with Gasteiger partial charge in [-0.15, -0.1) is 0 Å². The van der Waals surface area contributed by atoms with E-state index in [1.54, 1.807) is 37.5 Å². The molecule has 1 amide bonds. The van der Waals surface area contributed by atoms with Gasteiger partial charge in [-0.1, -0.05) is 35.9 Å². The summed E-state index contributed by atoms with van der Waals surface area (Å²) in [7, 11) is 5.42. The van der Waals surface area contributed by atoms with Gasteiger partial charge >= 0.3 is 0 Å². The Hall–Kier alpha value is -4.01. The molecule has 9 heteroatoms. The Morgan fingerprint density at radius 1 is 1.11 bits per heavy atom. The molecular weight excluding hydrogens is 481 g/mol. The molecular formula is C27H25ClFN5O2. The quantitative estimate of drug-likeness (QED) is 0.290. The van der Waals surface area contributed by atoms with E-state index in [0.717, 1.165) is 5.56 Å². The number of rotatable bonds is 8. The van der Waals surface area contributed by atoms with Gasteiger partial charge in [0.05, 0.1) is 28.7 Å². The lowest BCUT2D eigenvalue weighted by atomic mass is 9.98. The van der Waals surface area contributed by atoms with Gasteiger partial charge in [-0.2, -0.15) is 0 Å². The molecule has 0 unspecified atom stereocenters. The summed E-state index contributed by atoms with van der Waals surface area (Å²) in [5.74, 6) is 0.120. The summed E-state index contributed by atoms with van der Waals surface area (Å²) in [6.45, 7) is 0.626. The Kier molecular flexibility index (Phi) is 7.77. The van der Waals surface area contributed by atoms with Crippen LogP contribution < -0.4 is 15.4 Å². The van der Waals surface area contributed by atoms with Gasteiger partial charge in [-0.05, 0) is 56.1 Å². The van der Waals surface area contributed by atoms with Crippen molar-refractivity contribution in [1.82, 2.24) is 14.9 Å². The highest BCUT2D eigenvalue weighted by Gasteiger charge is 2.18. The molecule has 0 saturated heterocycles. The molecule has 36 heavy (non-hydrogen) atoms. The third-order valence-electron chi connectivity index (χ3n) is 5.36. The second-order valence-electron chi connectivity index (χ2n) is 8.22. The lowest BCUT2D eigenvalue weighted by molar-refractivity contribution is -0.111. The van der Waals surface area contributed by atoms with Gasteiger partial charge in [0.15, 0.2) is 5.82 Å². The van der Waals surface area contributed by atoms with Gasteiger partial charge in [-0.3, -0.25) is 4.79 Å². The van der Waals surface area contributed by atoms with Crippen molar-refractivity contribution < 1.29 is 13.9 Å². The SMILES string of the molecule is COc1cccc(-c2c(NC(=O)/C=C/CN(C)C)ccc3ncnc(Nc4cccc(Cl)c4F)c23)c1. The normalized spacial score (nSPS) is 11.3. The van der Waals surface area contributed by atoms with Crippen LogP contribution in [0.4, 0.5) is 21.6 Å². The number of methoxy groups -OCH3 is 1. The molecule has 0 aliphatic heterocycles. The first-order valence-corrected chi connectivity index (χ1v) is 11.5. The first-order chi connectivity index (χ1) is 17.4. The van der Waals surface area contributed by atoms with E-state index in [1.165, 1.54) is 18.5 Å². The van der Waals surface area contributed by atoms with E-state index in [1.807, 2.05) is 43.3 Å². The summed E-state index contributed by atoms with van der Waals surface area (Å²) in [6.07, 6.45) is 4.66. The average molecular weight is 506 g/mol. The van der Waals surface area contributed by atoms with Gasteiger partial charge < -0.3 is 20.3 Å². The van der Waals surface area contributed by atoms with E-state index < -0.39 is 5.82 Å². The number of amides is 1. The fourth-order valence-electron chi connectivity index (χ4n) is 3.70. The zero-order chi connectivity index (χ0) is 25.7. The number of halogens is 2. The van der Waals surface area contributed by atoms with Crippen LogP contribution in [0.2, 0.25) is 5.02 Å². The Bertz CT molecular complexity index is 1440. The van der Waals surface area contributed by atoms with Crippen LogP contribution >= 0.6 is 11.6 Å². The molecule has 184 valence electrons. The zero-order valence-corrected chi connectivity index (χ0v) is 20.8. The fraction of sp³-hybridized carbons (Fsp3) is 0.148. The van der Waals surface area contributed by atoms with Gasteiger partial charge in [0.25, 0.3) is 0 Å². The number of fused-ring (bicyclic) bond motifs is 1. The van der Waals surface area contributed by atoms with Crippen molar-refractivity contribution in [1.29, 1.82) is 0 Å². The summed E-state index contributed by atoms with van der Waals surface area (Å²) in [5, 5.41) is 6.60. The molecule has 7 nitrogen and oxygen atoms in total.